The van der Waals surface area contributed by atoms with Crippen molar-refractivity contribution in [3.05, 3.63) is 222 Å². The molecule has 0 amide bonds. The third-order valence-electron chi connectivity index (χ3n) is 17.3. The summed E-state index contributed by atoms with van der Waals surface area (Å²) in [7, 11) is -5.79. The number of hydrogen-bond donors (Lipinski definition) is 2. The fraction of sp³-hybridized carbons (Fsp3) is 0.451. The topological polar surface area (TPSA) is 212 Å². The van der Waals surface area contributed by atoms with Gasteiger partial charge in [-0.25, -0.2) is 22.0 Å². The average Bonchev–Trinajstić information content (AvgIpc) is 0.960. The second kappa shape index (κ2) is 55.7. The van der Waals surface area contributed by atoms with E-state index in [4.69, 9.17) is 29.2 Å². The lowest BCUT2D eigenvalue weighted by Crippen LogP contribution is -2.32. The number of aromatic hydroxyl groups is 2. The number of fused-ring (bicyclic) bond motifs is 1. The normalized spacial score (nSPS) is 12.4. The zero-order chi connectivity index (χ0) is 75.3. The van der Waals surface area contributed by atoms with Crippen molar-refractivity contribution in [3.8, 4) is 17.2 Å². The Morgan fingerprint density at radius 3 is 1.23 bits per heavy atom. The highest BCUT2D eigenvalue weighted by molar-refractivity contribution is 7.97. The third-order valence-corrected chi connectivity index (χ3v) is 20.3. The van der Waals surface area contributed by atoms with Gasteiger partial charge < -0.3 is 38.5 Å². The van der Waals surface area contributed by atoms with Gasteiger partial charge in [0.1, 0.15) is 32.6 Å². The lowest BCUT2D eigenvalue weighted by Gasteiger charge is -2.23. The summed E-state index contributed by atoms with van der Waals surface area (Å²) in [5.74, 6) is -10.1. The third kappa shape index (κ3) is 36.1. The number of ether oxygens (including phenoxy) is 5. The summed E-state index contributed by atoms with van der Waals surface area (Å²) in [5, 5.41) is 20.4. The van der Waals surface area contributed by atoms with E-state index in [0.717, 1.165) is 24.8 Å². The van der Waals surface area contributed by atoms with Crippen molar-refractivity contribution in [2.45, 2.75) is 260 Å². The number of phenolic OH excluding ortho intramolecular Hbond substituents is 2. The van der Waals surface area contributed by atoms with Crippen molar-refractivity contribution in [2.24, 2.45) is 16.2 Å². The van der Waals surface area contributed by atoms with Crippen LogP contribution in [0.25, 0.3) is 10.8 Å². The molecule has 2 N–H and O–H groups in total. The maximum Gasteiger partial charge on any atom is 0.347 e. The van der Waals surface area contributed by atoms with Crippen LogP contribution >= 0.6 is 0 Å². The monoisotopic (exact) mass is 1590 g/mol. The molecule has 4 atom stereocenters. The maximum absolute atomic E-state index is 13.7. The number of phenols is 2. The summed E-state index contributed by atoms with van der Waals surface area (Å²) in [6.07, 6.45) is 3.77. The van der Waals surface area contributed by atoms with Crippen LogP contribution in [0.3, 0.4) is 0 Å². The van der Waals surface area contributed by atoms with E-state index in [9.17, 15) is 49.7 Å². The summed E-state index contributed by atoms with van der Waals surface area (Å²) in [6.45, 7) is 26.8. The number of carbonyl (C=O) groups is 4. The highest BCUT2D eigenvalue weighted by Crippen LogP contribution is 2.35. The first-order valence-corrected chi connectivity index (χ1v) is 36.5. The van der Waals surface area contributed by atoms with Crippen LogP contribution in [0.15, 0.2) is 202 Å². The largest absolute Gasteiger partial charge is 0.744 e. The molecule has 20 heteroatoms. The summed E-state index contributed by atoms with van der Waals surface area (Å²) < 4.78 is 111. The fourth-order valence-electron chi connectivity index (χ4n) is 8.84. The molecule has 0 radical (unpaired) electrons. The van der Waals surface area contributed by atoms with E-state index in [1.807, 2.05) is 77.1 Å². The van der Waals surface area contributed by atoms with Crippen molar-refractivity contribution in [3.63, 3.8) is 0 Å². The molecule has 1 aliphatic rings. The van der Waals surface area contributed by atoms with Gasteiger partial charge in [0.05, 0.1) is 47.0 Å². The molecule has 0 spiro atoms. The SMILES string of the molecule is C.C.C.C.C.C.C.C.C.C.CCC(C)(C)C(=O)OC(C)c1ccc2ccccc2c1.CCC(C)(C)C(=O)OC1CCOC1=O.CCC(C)(C)C(=O)OCCCOc1c(F)c(F)c(S(=O)(=O)[O-])c(F)c1F.CCC(C)c1ccc(O)cc1.CCC(C)c1ccc(O)cc1.c1ccc([S+](c2ccccc2)c2ccccc2)cc1. The van der Waals surface area contributed by atoms with Gasteiger partial charge in [-0.2, -0.15) is 8.78 Å². The lowest BCUT2D eigenvalue weighted by atomic mass is 9.90. The van der Waals surface area contributed by atoms with Gasteiger partial charge in [0, 0.05) is 12.8 Å². The number of carbonyl (C=O) groups excluding carboxylic acids is 4. The first-order chi connectivity index (χ1) is 47.7. The molecule has 9 rings (SSSR count). The second-order valence-electron chi connectivity index (χ2n) is 26.0. The molecular formula is C91H138F4O14S2. The van der Waals surface area contributed by atoms with Gasteiger partial charge in [0.25, 0.3) is 0 Å². The Bertz CT molecular complexity index is 3820. The van der Waals surface area contributed by atoms with Crippen LogP contribution < -0.4 is 4.74 Å². The number of cyclic esters (lactones) is 1. The summed E-state index contributed by atoms with van der Waals surface area (Å²) >= 11 is 0. The minimum Gasteiger partial charge on any atom is -0.744 e. The van der Waals surface area contributed by atoms with Gasteiger partial charge in [0.15, 0.2) is 32.1 Å². The Kier molecular flexibility index (Phi) is 57.9. The van der Waals surface area contributed by atoms with E-state index >= 15 is 0 Å². The lowest BCUT2D eigenvalue weighted by molar-refractivity contribution is -0.167. The van der Waals surface area contributed by atoms with Crippen molar-refractivity contribution in [1.29, 1.82) is 0 Å². The molecule has 111 heavy (non-hydrogen) atoms. The molecule has 4 unspecified atom stereocenters. The van der Waals surface area contributed by atoms with Gasteiger partial charge >= 0.3 is 23.9 Å². The number of halogens is 4. The number of benzene rings is 8. The average molecular weight is 1600 g/mol. The minimum absolute atomic E-state index is 0. The number of hydrogen-bond acceptors (Lipinski definition) is 14. The molecule has 1 saturated heterocycles. The van der Waals surface area contributed by atoms with E-state index in [1.54, 1.807) is 58.9 Å². The molecule has 0 aliphatic carbocycles. The Balaban J connectivity index is -0.000000235. The van der Waals surface area contributed by atoms with E-state index < -0.39 is 84.9 Å². The van der Waals surface area contributed by atoms with Gasteiger partial charge in [0.2, 0.25) is 17.7 Å². The summed E-state index contributed by atoms with van der Waals surface area (Å²) in [6, 6.07) is 61.4. The molecule has 8 aromatic rings. The molecular weight excluding hydrogens is 1460 g/mol. The number of esters is 4. The predicted molar refractivity (Wildman–Crippen MR) is 454 cm³/mol. The zero-order valence-electron chi connectivity index (χ0n) is 60.3. The fourth-order valence-corrected chi connectivity index (χ4v) is 11.6. The quantitative estimate of drug-likeness (QED) is 0.0123. The van der Waals surface area contributed by atoms with E-state index in [1.165, 1.54) is 36.6 Å². The molecule has 1 fully saturated rings. The molecule has 0 aromatic heterocycles. The molecule has 0 saturated carbocycles. The Labute approximate surface area is 670 Å². The summed E-state index contributed by atoms with van der Waals surface area (Å²) in [5.41, 5.74) is 1.96. The van der Waals surface area contributed by atoms with Crippen LogP contribution in [0.4, 0.5) is 17.6 Å². The van der Waals surface area contributed by atoms with Crippen molar-refractivity contribution in [2.75, 3.05) is 19.8 Å². The van der Waals surface area contributed by atoms with E-state index in [-0.39, 0.29) is 116 Å². The van der Waals surface area contributed by atoms with Gasteiger partial charge in [-0.1, -0.05) is 238 Å². The van der Waals surface area contributed by atoms with Gasteiger partial charge in [-0.3, -0.25) is 14.4 Å². The van der Waals surface area contributed by atoms with Crippen molar-refractivity contribution >= 4 is 55.7 Å². The number of rotatable bonds is 22. The van der Waals surface area contributed by atoms with Crippen LogP contribution in [-0.2, 0) is 59.1 Å². The molecule has 1 aliphatic heterocycles. The van der Waals surface area contributed by atoms with Gasteiger partial charge in [-0.15, -0.1) is 0 Å². The highest BCUT2D eigenvalue weighted by atomic mass is 32.2. The second-order valence-corrected chi connectivity index (χ2v) is 29.3. The molecule has 8 aromatic carbocycles. The van der Waals surface area contributed by atoms with Gasteiger partial charge in [-0.05, 0) is 187 Å². The maximum atomic E-state index is 13.7. The molecule has 14 nitrogen and oxygen atoms in total. The Morgan fingerprint density at radius 2 is 0.865 bits per heavy atom. The van der Waals surface area contributed by atoms with E-state index in [0.29, 0.717) is 49.2 Å². The van der Waals surface area contributed by atoms with Crippen LogP contribution in [0.5, 0.6) is 17.2 Å². The molecule has 626 valence electrons. The van der Waals surface area contributed by atoms with Crippen molar-refractivity contribution < 1.29 is 83.6 Å². The molecule has 0 bridgehead atoms. The standard InChI is InChI=1S/C18H22O2.C18H15S.C15H18F4O6S.C10H16O4.2C10H14O.10CH4/c1-5-18(3,4)17(19)20-13(2)15-11-10-14-8-6-7-9-16(14)12-15;1-4-10-16(11-5-1)19(17-12-6-2-7-13-17)18-14-8-3-9-15-18;1-4-15(2,3)14(20)25-7-5-6-24-12-8(16)10(18)13(26(21,22)23)11(19)9(12)17;1-4-10(2,3)9(12)14-7-5-6-13-8(7)11;2*1-3-8(2)9-4-6-10(11)7-5-9;;;;;;;;;;/h6-13H,5H2,1-4H3;1-15H;4-7H2,1-3H3,(H,21,22,23);7H,4-6H2,1-3H3;2*4-8,11H,3H2,1-2H3;10*1H4/q;+1;;;;;;;;;;;;;;/p-1. The van der Waals surface area contributed by atoms with Crippen molar-refractivity contribution in [1.82, 2.24) is 0 Å². The Morgan fingerprint density at radius 1 is 0.505 bits per heavy atom. The van der Waals surface area contributed by atoms with Crippen LogP contribution in [0.2, 0.25) is 0 Å². The summed E-state index contributed by atoms with van der Waals surface area (Å²) in [4.78, 5) is 48.2. The smallest absolute Gasteiger partial charge is 0.347 e. The van der Waals surface area contributed by atoms with E-state index in [2.05, 4.69) is 148 Å². The van der Waals surface area contributed by atoms with Crippen LogP contribution in [0, 0.1) is 39.5 Å². The zero-order valence-corrected chi connectivity index (χ0v) is 62.0. The minimum atomic E-state index is -5.77. The first-order valence-electron chi connectivity index (χ1n) is 33.8. The predicted octanol–water partition coefficient (Wildman–Crippen LogP) is 26.0. The highest BCUT2D eigenvalue weighted by Gasteiger charge is 2.36. The molecule has 1 heterocycles. The van der Waals surface area contributed by atoms with Crippen LogP contribution in [-0.4, -0.2) is 73.0 Å². The first kappa shape index (κ1) is 116. The Hall–Kier alpha value is -8.72. The van der Waals surface area contributed by atoms with Crippen LogP contribution in [0.1, 0.15) is 251 Å².